The van der Waals surface area contributed by atoms with Crippen molar-refractivity contribution >= 4 is 45.8 Å². The molecular formula is C11H6Cl2FIN2. The molecule has 6 heteroatoms. The van der Waals surface area contributed by atoms with E-state index in [1.54, 1.807) is 12.1 Å². The van der Waals surface area contributed by atoms with Gasteiger partial charge in [0.15, 0.2) is 0 Å². The molecule has 0 spiro atoms. The Morgan fingerprint density at radius 2 is 1.82 bits per heavy atom. The van der Waals surface area contributed by atoms with E-state index in [0.717, 1.165) is 5.56 Å². The summed E-state index contributed by atoms with van der Waals surface area (Å²) < 4.78 is 13.6. The van der Waals surface area contributed by atoms with Gasteiger partial charge in [-0.15, -0.1) is 0 Å². The highest BCUT2D eigenvalue weighted by Gasteiger charge is 2.09. The number of nitrogens with zero attached hydrogens (tertiary/aromatic N) is 2. The molecule has 0 amide bonds. The zero-order chi connectivity index (χ0) is 12.4. The zero-order valence-corrected chi connectivity index (χ0v) is 12.1. The number of rotatable bonds is 2. The van der Waals surface area contributed by atoms with Gasteiger partial charge in [0.05, 0.1) is 3.57 Å². The Morgan fingerprint density at radius 3 is 2.41 bits per heavy atom. The Balaban J connectivity index is 2.31. The van der Waals surface area contributed by atoms with Crippen molar-refractivity contribution < 1.29 is 4.39 Å². The first-order chi connectivity index (χ1) is 8.06. The van der Waals surface area contributed by atoms with E-state index in [1.165, 1.54) is 12.1 Å². The lowest BCUT2D eigenvalue weighted by atomic mass is 10.1. The second-order valence-corrected chi connectivity index (χ2v) is 5.14. The van der Waals surface area contributed by atoms with Crippen molar-refractivity contribution in [3.63, 3.8) is 0 Å². The molecule has 0 radical (unpaired) electrons. The molecule has 17 heavy (non-hydrogen) atoms. The van der Waals surface area contributed by atoms with Gasteiger partial charge >= 0.3 is 0 Å². The van der Waals surface area contributed by atoms with E-state index in [1.807, 2.05) is 22.6 Å². The highest BCUT2D eigenvalue weighted by atomic mass is 127. The largest absolute Gasteiger partial charge is 0.220 e. The van der Waals surface area contributed by atoms with Crippen LogP contribution < -0.4 is 0 Å². The minimum atomic E-state index is -0.287. The minimum Gasteiger partial charge on any atom is -0.220 e. The van der Waals surface area contributed by atoms with Gasteiger partial charge in [0.25, 0.3) is 0 Å². The molecule has 88 valence electrons. The van der Waals surface area contributed by atoms with Gasteiger partial charge in [-0.1, -0.05) is 35.3 Å². The molecule has 0 aliphatic rings. The third-order valence-corrected chi connectivity index (χ3v) is 4.27. The summed E-state index contributed by atoms with van der Waals surface area (Å²) in [4.78, 5) is 8.20. The first-order valence-corrected chi connectivity index (χ1v) is 6.51. The quantitative estimate of drug-likeness (QED) is 0.576. The van der Waals surface area contributed by atoms with Crippen LogP contribution in [0.15, 0.2) is 24.3 Å². The van der Waals surface area contributed by atoms with E-state index >= 15 is 0 Å². The summed E-state index contributed by atoms with van der Waals surface area (Å²) in [6, 6.07) is 6.26. The number of hydrogen-bond donors (Lipinski definition) is 0. The van der Waals surface area contributed by atoms with Crippen molar-refractivity contribution in [3.8, 4) is 0 Å². The molecule has 1 aromatic heterocycles. The van der Waals surface area contributed by atoms with Crippen molar-refractivity contribution in [3.05, 3.63) is 55.3 Å². The highest BCUT2D eigenvalue weighted by molar-refractivity contribution is 14.1. The summed E-state index contributed by atoms with van der Waals surface area (Å²) in [5, 5.41) is 0.633. The molecule has 1 aromatic carbocycles. The van der Waals surface area contributed by atoms with Gasteiger partial charge in [0.2, 0.25) is 0 Å². The van der Waals surface area contributed by atoms with E-state index < -0.39 is 0 Å². The average Bonchev–Trinajstić information content (AvgIpc) is 2.26. The lowest BCUT2D eigenvalue weighted by Gasteiger charge is -2.04. The van der Waals surface area contributed by atoms with Gasteiger partial charge in [-0.25, -0.2) is 14.4 Å². The molecule has 0 saturated carbocycles. The summed E-state index contributed by atoms with van der Waals surface area (Å²) in [7, 11) is 0. The van der Waals surface area contributed by atoms with E-state index in [4.69, 9.17) is 23.2 Å². The molecule has 0 saturated heterocycles. The van der Waals surface area contributed by atoms with Crippen LogP contribution in [0.4, 0.5) is 4.39 Å². The summed E-state index contributed by atoms with van der Waals surface area (Å²) in [5.41, 5.74) is 0.776. The Hall–Kier alpha value is -0.460. The van der Waals surface area contributed by atoms with Crippen LogP contribution in [-0.4, -0.2) is 9.97 Å². The van der Waals surface area contributed by atoms with Crippen LogP contribution in [0.3, 0.4) is 0 Å². The summed E-state index contributed by atoms with van der Waals surface area (Å²) >= 11 is 13.8. The first kappa shape index (κ1) is 13.0. The van der Waals surface area contributed by atoms with Crippen LogP contribution in [0, 0.1) is 9.39 Å². The second-order valence-electron chi connectivity index (χ2n) is 3.34. The van der Waals surface area contributed by atoms with Gasteiger partial charge in [-0.3, -0.25) is 0 Å². The molecule has 2 rings (SSSR count). The van der Waals surface area contributed by atoms with Crippen LogP contribution in [0.5, 0.6) is 0 Å². The third-order valence-electron chi connectivity index (χ3n) is 2.07. The molecule has 0 aliphatic carbocycles. The smallest absolute Gasteiger partial charge is 0.147 e. The highest BCUT2D eigenvalue weighted by Crippen LogP contribution is 2.23. The van der Waals surface area contributed by atoms with Crippen molar-refractivity contribution in [1.82, 2.24) is 9.97 Å². The minimum absolute atomic E-state index is 0.287. The van der Waals surface area contributed by atoms with E-state index in [0.29, 0.717) is 26.1 Å². The first-order valence-electron chi connectivity index (χ1n) is 4.68. The maximum absolute atomic E-state index is 13.0. The molecular weight excluding hydrogens is 377 g/mol. The summed E-state index contributed by atoms with van der Waals surface area (Å²) in [5.74, 6) is 0.191. The van der Waals surface area contributed by atoms with Gasteiger partial charge in [0, 0.05) is 6.42 Å². The van der Waals surface area contributed by atoms with E-state index in [2.05, 4.69) is 9.97 Å². The summed E-state index contributed by atoms with van der Waals surface area (Å²) in [6.45, 7) is 0. The zero-order valence-electron chi connectivity index (χ0n) is 8.42. The predicted octanol–water partition coefficient (Wildman–Crippen LogP) is 4.12. The van der Waals surface area contributed by atoms with Crippen molar-refractivity contribution in [2.24, 2.45) is 0 Å². The van der Waals surface area contributed by atoms with Crippen LogP contribution >= 0.6 is 45.8 Å². The van der Waals surface area contributed by atoms with Crippen molar-refractivity contribution in [2.45, 2.75) is 6.42 Å². The maximum atomic E-state index is 13.0. The van der Waals surface area contributed by atoms with Gasteiger partial charge in [-0.2, -0.15) is 0 Å². The van der Waals surface area contributed by atoms with E-state index in [9.17, 15) is 4.39 Å². The monoisotopic (exact) mass is 382 g/mol. The Labute approximate surface area is 121 Å². The van der Waals surface area contributed by atoms with Crippen LogP contribution in [0.25, 0.3) is 0 Å². The van der Waals surface area contributed by atoms with E-state index in [-0.39, 0.29) is 5.82 Å². The molecule has 2 aromatic rings. The molecule has 0 N–H and O–H groups in total. The molecule has 0 atom stereocenters. The second kappa shape index (κ2) is 5.46. The normalized spacial score (nSPS) is 10.6. The van der Waals surface area contributed by atoms with Gasteiger partial charge < -0.3 is 0 Å². The third kappa shape index (κ3) is 3.26. The number of halogens is 4. The Morgan fingerprint density at radius 1 is 1.18 bits per heavy atom. The molecule has 1 heterocycles. The van der Waals surface area contributed by atoms with Gasteiger partial charge in [-0.05, 0) is 40.3 Å². The number of hydrogen-bond acceptors (Lipinski definition) is 2. The topological polar surface area (TPSA) is 25.8 Å². The van der Waals surface area contributed by atoms with Gasteiger partial charge in [0.1, 0.15) is 21.9 Å². The lowest BCUT2D eigenvalue weighted by Crippen LogP contribution is -1.99. The lowest BCUT2D eigenvalue weighted by molar-refractivity contribution is 0.626. The average molecular weight is 383 g/mol. The molecule has 0 bridgehead atoms. The summed E-state index contributed by atoms with van der Waals surface area (Å²) in [6.07, 6.45) is 0.397. The fourth-order valence-electron chi connectivity index (χ4n) is 1.34. The maximum Gasteiger partial charge on any atom is 0.147 e. The number of benzene rings is 1. The Bertz CT molecular complexity index is 540. The van der Waals surface area contributed by atoms with Crippen LogP contribution in [0.1, 0.15) is 11.4 Å². The molecule has 2 nitrogen and oxygen atoms in total. The number of aromatic nitrogens is 2. The predicted molar refractivity (Wildman–Crippen MR) is 74.0 cm³/mol. The standard InChI is InChI=1S/C11H6Cl2FIN2/c12-10-9(15)11(13)17-8(16-10)5-6-2-1-3-7(14)4-6/h1-4H,5H2. The molecule has 0 unspecified atom stereocenters. The Kier molecular flexibility index (Phi) is 4.17. The molecule has 0 aliphatic heterocycles. The fourth-order valence-corrected chi connectivity index (χ4v) is 2.01. The fraction of sp³-hybridized carbons (Fsp3) is 0.0909. The van der Waals surface area contributed by atoms with Crippen LogP contribution in [0.2, 0.25) is 10.3 Å². The van der Waals surface area contributed by atoms with Crippen molar-refractivity contribution in [2.75, 3.05) is 0 Å². The molecule has 0 fully saturated rings. The van der Waals surface area contributed by atoms with Crippen molar-refractivity contribution in [1.29, 1.82) is 0 Å². The SMILES string of the molecule is Fc1cccc(Cc2nc(Cl)c(I)c(Cl)n2)c1. The van der Waals surface area contributed by atoms with Crippen LogP contribution in [-0.2, 0) is 6.42 Å².